The first-order valence-electron chi connectivity index (χ1n) is 5.88. The van der Waals surface area contributed by atoms with Gasteiger partial charge in [-0.3, -0.25) is 4.79 Å². The summed E-state index contributed by atoms with van der Waals surface area (Å²) >= 11 is 0. The molecule has 0 saturated heterocycles. The van der Waals surface area contributed by atoms with E-state index in [0.717, 1.165) is 12.8 Å². The number of azide groups is 1. The lowest BCUT2D eigenvalue weighted by atomic mass is 9.99. The SMILES string of the molecule is CC(C)OC(=O)C(CC1CCCC1)N=[N+]=[N-]. The predicted octanol–water partition coefficient (Wildman–Crippen LogP) is 3.20. The summed E-state index contributed by atoms with van der Waals surface area (Å²) in [5, 5.41) is 3.55. The Balaban J connectivity index is 2.51. The van der Waals surface area contributed by atoms with Crippen LogP contribution in [0, 0.1) is 5.92 Å². The summed E-state index contributed by atoms with van der Waals surface area (Å²) in [6.07, 6.45) is 5.17. The molecule has 1 saturated carbocycles. The summed E-state index contributed by atoms with van der Waals surface area (Å²) in [5.41, 5.74) is 8.44. The molecule has 1 fully saturated rings. The van der Waals surface area contributed by atoms with Crippen LogP contribution in [0.5, 0.6) is 0 Å². The van der Waals surface area contributed by atoms with Crippen LogP contribution in [0.15, 0.2) is 5.11 Å². The van der Waals surface area contributed by atoms with Crippen molar-refractivity contribution < 1.29 is 9.53 Å². The molecule has 0 bridgehead atoms. The molecule has 1 rings (SSSR count). The number of hydrogen-bond donors (Lipinski definition) is 0. The third-order valence-electron chi connectivity index (χ3n) is 2.85. The maximum Gasteiger partial charge on any atom is 0.315 e. The molecular weight excluding hydrogens is 206 g/mol. The van der Waals surface area contributed by atoms with Gasteiger partial charge in [0, 0.05) is 4.91 Å². The number of esters is 1. The van der Waals surface area contributed by atoms with Crippen molar-refractivity contribution in [2.24, 2.45) is 11.0 Å². The summed E-state index contributed by atoms with van der Waals surface area (Å²) in [6, 6.07) is -0.643. The van der Waals surface area contributed by atoms with Gasteiger partial charge in [0.25, 0.3) is 0 Å². The van der Waals surface area contributed by atoms with Gasteiger partial charge in [-0.25, -0.2) is 0 Å². The fraction of sp³-hybridized carbons (Fsp3) is 0.909. The van der Waals surface area contributed by atoms with E-state index in [0.29, 0.717) is 12.3 Å². The van der Waals surface area contributed by atoms with Crippen molar-refractivity contribution in [3.8, 4) is 0 Å². The summed E-state index contributed by atoms with van der Waals surface area (Å²) in [5.74, 6) is 0.120. The number of ether oxygens (including phenoxy) is 1. The maximum absolute atomic E-state index is 11.6. The number of nitrogens with zero attached hydrogens (tertiary/aromatic N) is 3. The van der Waals surface area contributed by atoms with Crippen LogP contribution in [0.2, 0.25) is 0 Å². The van der Waals surface area contributed by atoms with Gasteiger partial charge in [0.05, 0.1) is 6.10 Å². The van der Waals surface area contributed by atoms with E-state index in [4.69, 9.17) is 10.3 Å². The second kappa shape index (κ2) is 6.38. The van der Waals surface area contributed by atoms with Gasteiger partial charge in [0.2, 0.25) is 0 Å². The highest BCUT2D eigenvalue weighted by atomic mass is 16.5. The predicted molar refractivity (Wildman–Crippen MR) is 60.7 cm³/mol. The van der Waals surface area contributed by atoms with E-state index in [9.17, 15) is 4.79 Å². The van der Waals surface area contributed by atoms with Crippen LogP contribution >= 0.6 is 0 Å². The van der Waals surface area contributed by atoms with Crippen LogP contribution in [-0.2, 0) is 9.53 Å². The summed E-state index contributed by atoms with van der Waals surface area (Å²) in [6.45, 7) is 3.58. The van der Waals surface area contributed by atoms with Gasteiger partial charge in [-0.15, -0.1) is 0 Å². The van der Waals surface area contributed by atoms with Gasteiger partial charge in [0.1, 0.15) is 6.04 Å². The first-order valence-corrected chi connectivity index (χ1v) is 5.88. The lowest BCUT2D eigenvalue weighted by Crippen LogP contribution is -2.26. The first kappa shape index (κ1) is 12.8. The minimum absolute atomic E-state index is 0.160. The Morgan fingerprint density at radius 2 is 2.12 bits per heavy atom. The Labute approximate surface area is 95.8 Å². The van der Waals surface area contributed by atoms with Crippen LogP contribution in [0.4, 0.5) is 0 Å². The molecule has 16 heavy (non-hydrogen) atoms. The Hall–Kier alpha value is -1.22. The molecular formula is C11H19N3O2. The molecule has 1 atom stereocenters. The monoisotopic (exact) mass is 225 g/mol. The fourth-order valence-electron chi connectivity index (χ4n) is 2.13. The van der Waals surface area contributed by atoms with Crippen LogP contribution in [0.1, 0.15) is 46.0 Å². The number of rotatable bonds is 5. The Kier molecular flexibility index (Phi) is 5.12. The molecule has 0 aromatic rings. The molecule has 1 aliphatic carbocycles. The average Bonchev–Trinajstić information content (AvgIpc) is 2.68. The quantitative estimate of drug-likeness (QED) is 0.312. The van der Waals surface area contributed by atoms with E-state index in [1.807, 2.05) is 0 Å². The highest BCUT2D eigenvalue weighted by Crippen LogP contribution is 2.29. The lowest BCUT2D eigenvalue weighted by Gasteiger charge is -2.16. The van der Waals surface area contributed by atoms with Crippen LogP contribution in [0.3, 0.4) is 0 Å². The highest BCUT2D eigenvalue weighted by Gasteiger charge is 2.25. The van der Waals surface area contributed by atoms with Crippen LogP contribution < -0.4 is 0 Å². The maximum atomic E-state index is 11.6. The van der Waals surface area contributed by atoms with E-state index in [2.05, 4.69) is 10.0 Å². The van der Waals surface area contributed by atoms with Crippen molar-refractivity contribution in [1.82, 2.24) is 0 Å². The molecule has 0 aromatic carbocycles. The molecule has 0 heterocycles. The molecule has 0 spiro atoms. The first-order chi connectivity index (χ1) is 7.63. The van der Waals surface area contributed by atoms with E-state index in [1.54, 1.807) is 13.8 Å². The molecule has 0 aliphatic heterocycles. The molecule has 1 unspecified atom stereocenters. The molecule has 0 N–H and O–H groups in total. The van der Waals surface area contributed by atoms with Crippen molar-refractivity contribution in [3.63, 3.8) is 0 Å². The second-order valence-electron chi connectivity index (χ2n) is 4.59. The van der Waals surface area contributed by atoms with Crippen molar-refractivity contribution >= 4 is 5.97 Å². The van der Waals surface area contributed by atoms with Crippen molar-refractivity contribution in [1.29, 1.82) is 0 Å². The van der Waals surface area contributed by atoms with Gasteiger partial charge >= 0.3 is 5.97 Å². The summed E-state index contributed by atoms with van der Waals surface area (Å²) in [4.78, 5) is 14.4. The molecule has 0 radical (unpaired) electrons. The van der Waals surface area contributed by atoms with E-state index >= 15 is 0 Å². The number of hydrogen-bond acceptors (Lipinski definition) is 3. The number of carbonyl (C=O) groups excluding carboxylic acids is 1. The number of carbonyl (C=O) groups is 1. The van der Waals surface area contributed by atoms with E-state index in [1.165, 1.54) is 12.8 Å². The summed E-state index contributed by atoms with van der Waals surface area (Å²) < 4.78 is 5.07. The molecule has 0 aromatic heterocycles. The van der Waals surface area contributed by atoms with Gasteiger partial charge in [-0.2, -0.15) is 0 Å². The average molecular weight is 225 g/mol. The normalized spacial score (nSPS) is 18.2. The van der Waals surface area contributed by atoms with Crippen LogP contribution in [0.25, 0.3) is 10.4 Å². The Morgan fingerprint density at radius 3 is 2.62 bits per heavy atom. The van der Waals surface area contributed by atoms with Crippen molar-refractivity contribution in [3.05, 3.63) is 10.4 Å². The zero-order valence-corrected chi connectivity index (χ0v) is 9.93. The zero-order valence-electron chi connectivity index (χ0n) is 9.93. The van der Waals surface area contributed by atoms with E-state index < -0.39 is 6.04 Å². The minimum atomic E-state index is -0.643. The van der Waals surface area contributed by atoms with Gasteiger partial charge < -0.3 is 4.74 Å². The molecule has 1 aliphatic rings. The van der Waals surface area contributed by atoms with Gasteiger partial charge in [0.15, 0.2) is 0 Å². The topological polar surface area (TPSA) is 75.1 Å². The Bertz CT molecular complexity index is 279. The smallest absolute Gasteiger partial charge is 0.315 e. The van der Waals surface area contributed by atoms with Crippen molar-refractivity contribution in [2.75, 3.05) is 0 Å². The Morgan fingerprint density at radius 1 is 1.50 bits per heavy atom. The standard InChI is InChI=1S/C11H19N3O2/c1-8(2)16-11(15)10(13-14-12)7-9-5-3-4-6-9/h8-10H,3-7H2,1-2H3. The van der Waals surface area contributed by atoms with E-state index in [-0.39, 0.29) is 12.1 Å². The molecule has 90 valence electrons. The van der Waals surface area contributed by atoms with Crippen LogP contribution in [-0.4, -0.2) is 18.1 Å². The largest absolute Gasteiger partial charge is 0.463 e. The molecule has 0 amide bonds. The third-order valence-corrected chi connectivity index (χ3v) is 2.85. The second-order valence-corrected chi connectivity index (χ2v) is 4.59. The fourth-order valence-corrected chi connectivity index (χ4v) is 2.13. The van der Waals surface area contributed by atoms with Gasteiger partial charge in [-0.1, -0.05) is 30.8 Å². The third kappa shape index (κ3) is 4.11. The highest BCUT2D eigenvalue weighted by molar-refractivity contribution is 5.76. The van der Waals surface area contributed by atoms with Crippen molar-refractivity contribution in [2.45, 2.75) is 58.1 Å². The minimum Gasteiger partial charge on any atom is -0.463 e. The molecule has 5 nitrogen and oxygen atoms in total. The molecule has 5 heteroatoms. The summed E-state index contributed by atoms with van der Waals surface area (Å²) in [7, 11) is 0. The zero-order chi connectivity index (χ0) is 12.0. The lowest BCUT2D eigenvalue weighted by molar-refractivity contribution is -0.149. The van der Waals surface area contributed by atoms with Gasteiger partial charge in [-0.05, 0) is 31.7 Å².